The van der Waals surface area contributed by atoms with E-state index in [1.165, 1.54) is 5.69 Å². The van der Waals surface area contributed by atoms with Gasteiger partial charge in [0.2, 0.25) is 0 Å². The molecule has 0 fully saturated rings. The second-order valence-corrected chi connectivity index (χ2v) is 6.67. The fraction of sp³-hybridized carbons (Fsp3) is 0.391. The Hall–Kier alpha value is -2.29. The summed E-state index contributed by atoms with van der Waals surface area (Å²) in [6.45, 7) is 8.37. The lowest BCUT2D eigenvalue weighted by Crippen LogP contribution is -2.38. The summed E-state index contributed by atoms with van der Waals surface area (Å²) in [5, 5.41) is 9.33. The topological polar surface area (TPSA) is 68.8 Å². The van der Waals surface area contributed by atoms with Crippen molar-refractivity contribution in [1.29, 1.82) is 0 Å². The number of carbonyl (C=O) groups excluding carboxylic acids is 1. The van der Waals surface area contributed by atoms with Gasteiger partial charge in [-0.3, -0.25) is 4.79 Å². The van der Waals surface area contributed by atoms with Crippen molar-refractivity contribution in [3.05, 3.63) is 65.7 Å². The molecule has 0 saturated heterocycles. The van der Waals surface area contributed by atoms with Gasteiger partial charge in [0.05, 0.1) is 6.54 Å². The molecule has 0 aliphatic rings. The van der Waals surface area contributed by atoms with Crippen LogP contribution in [0.1, 0.15) is 36.2 Å². The Morgan fingerprint density at radius 3 is 2.47 bits per heavy atom. The van der Waals surface area contributed by atoms with Crippen LogP contribution in [0.15, 0.2) is 59.6 Å². The fourth-order valence-electron chi connectivity index (χ4n) is 3.05. The van der Waals surface area contributed by atoms with E-state index in [0.717, 1.165) is 44.1 Å². The molecule has 0 spiro atoms. The highest BCUT2D eigenvalue weighted by atomic mass is 127. The number of benzene rings is 2. The molecular weight excluding hydrogens is 489 g/mol. The molecule has 0 aromatic heterocycles. The summed E-state index contributed by atoms with van der Waals surface area (Å²) >= 11 is 0. The molecule has 0 saturated carbocycles. The SMILES string of the molecule is CCNC(=NCc1cccc(C(=O)NC)c1)NCCCN(CC)c1ccccc1.I. The molecule has 3 N–H and O–H groups in total. The zero-order valence-electron chi connectivity index (χ0n) is 18.1. The van der Waals surface area contributed by atoms with E-state index in [4.69, 9.17) is 0 Å². The van der Waals surface area contributed by atoms with Crippen molar-refractivity contribution in [2.45, 2.75) is 26.8 Å². The number of halogens is 1. The number of amides is 1. The van der Waals surface area contributed by atoms with E-state index in [1.54, 1.807) is 7.05 Å². The maximum Gasteiger partial charge on any atom is 0.251 e. The highest BCUT2D eigenvalue weighted by Crippen LogP contribution is 2.12. The number of aliphatic imine (C=N–C) groups is 1. The van der Waals surface area contributed by atoms with Gasteiger partial charge in [0.1, 0.15) is 0 Å². The zero-order chi connectivity index (χ0) is 20.9. The number of anilines is 1. The minimum Gasteiger partial charge on any atom is -0.372 e. The van der Waals surface area contributed by atoms with Crippen LogP contribution in [-0.2, 0) is 6.54 Å². The smallest absolute Gasteiger partial charge is 0.251 e. The first-order valence-electron chi connectivity index (χ1n) is 10.3. The zero-order valence-corrected chi connectivity index (χ0v) is 20.5. The number of hydrogen-bond acceptors (Lipinski definition) is 3. The average molecular weight is 523 g/mol. The third kappa shape index (κ3) is 8.61. The molecule has 30 heavy (non-hydrogen) atoms. The summed E-state index contributed by atoms with van der Waals surface area (Å²) in [5.74, 6) is 0.709. The Kier molecular flexibility index (Phi) is 12.6. The molecule has 6 nitrogen and oxygen atoms in total. The highest BCUT2D eigenvalue weighted by molar-refractivity contribution is 14.0. The normalized spacial score (nSPS) is 10.7. The van der Waals surface area contributed by atoms with E-state index in [-0.39, 0.29) is 29.9 Å². The summed E-state index contributed by atoms with van der Waals surface area (Å²) in [6.07, 6.45) is 1.01. The lowest BCUT2D eigenvalue weighted by molar-refractivity contribution is 0.0963. The molecule has 0 radical (unpaired) electrons. The molecule has 0 atom stereocenters. The van der Waals surface area contributed by atoms with Crippen molar-refractivity contribution in [3.63, 3.8) is 0 Å². The lowest BCUT2D eigenvalue weighted by Gasteiger charge is -2.23. The van der Waals surface area contributed by atoms with Gasteiger partial charge in [0.25, 0.3) is 5.91 Å². The van der Waals surface area contributed by atoms with E-state index < -0.39 is 0 Å². The molecule has 2 aromatic rings. The third-order valence-corrected chi connectivity index (χ3v) is 4.58. The van der Waals surface area contributed by atoms with Gasteiger partial charge in [-0.2, -0.15) is 0 Å². The van der Waals surface area contributed by atoms with Gasteiger partial charge in [0, 0.05) is 44.5 Å². The molecule has 1 amide bonds. The van der Waals surface area contributed by atoms with E-state index >= 15 is 0 Å². The number of nitrogens with zero attached hydrogens (tertiary/aromatic N) is 2. The quantitative estimate of drug-likeness (QED) is 0.193. The monoisotopic (exact) mass is 523 g/mol. The molecule has 0 aliphatic heterocycles. The van der Waals surface area contributed by atoms with Crippen LogP contribution in [-0.4, -0.2) is 45.1 Å². The lowest BCUT2D eigenvalue weighted by atomic mass is 10.1. The third-order valence-electron chi connectivity index (χ3n) is 4.58. The van der Waals surface area contributed by atoms with Crippen molar-refractivity contribution in [2.24, 2.45) is 4.99 Å². The summed E-state index contributed by atoms with van der Waals surface area (Å²) < 4.78 is 0. The number of carbonyl (C=O) groups is 1. The Bertz CT molecular complexity index is 782. The van der Waals surface area contributed by atoms with Crippen LogP contribution in [0.25, 0.3) is 0 Å². The van der Waals surface area contributed by atoms with Gasteiger partial charge in [-0.15, -0.1) is 24.0 Å². The van der Waals surface area contributed by atoms with Crippen molar-refractivity contribution in [1.82, 2.24) is 16.0 Å². The van der Waals surface area contributed by atoms with Crippen LogP contribution >= 0.6 is 24.0 Å². The molecule has 0 unspecified atom stereocenters. The Morgan fingerprint density at radius 2 is 1.80 bits per heavy atom. The summed E-state index contributed by atoms with van der Waals surface area (Å²) in [6, 6.07) is 18.0. The van der Waals surface area contributed by atoms with E-state index in [2.05, 4.69) is 64.0 Å². The number of para-hydroxylation sites is 1. The molecular formula is C23H34IN5O. The van der Waals surface area contributed by atoms with Crippen molar-refractivity contribution in [3.8, 4) is 0 Å². The molecule has 0 heterocycles. The van der Waals surface area contributed by atoms with Crippen LogP contribution in [0.2, 0.25) is 0 Å². The molecule has 0 bridgehead atoms. The number of rotatable bonds is 10. The van der Waals surface area contributed by atoms with Gasteiger partial charge in [-0.05, 0) is 50.1 Å². The number of nitrogens with one attached hydrogen (secondary N) is 3. The first kappa shape index (κ1) is 25.7. The minimum absolute atomic E-state index is 0. The van der Waals surface area contributed by atoms with E-state index in [9.17, 15) is 4.79 Å². The summed E-state index contributed by atoms with van der Waals surface area (Å²) in [7, 11) is 1.64. The van der Waals surface area contributed by atoms with Crippen LogP contribution in [0.5, 0.6) is 0 Å². The summed E-state index contributed by atoms with van der Waals surface area (Å²) in [5.41, 5.74) is 2.91. The van der Waals surface area contributed by atoms with Gasteiger partial charge < -0.3 is 20.9 Å². The average Bonchev–Trinajstić information content (AvgIpc) is 2.77. The second kappa shape index (κ2) is 14.7. The van der Waals surface area contributed by atoms with Crippen LogP contribution in [0.4, 0.5) is 5.69 Å². The van der Waals surface area contributed by atoms with Crippen LogP contribution in [0.3, 0.4) is 0 Å². The molecule has 2 rings (SSSR count). The van der Waals surface area contributed by atoms with Gasteiger partial charge in [-0.1, -0.05) is 30.3 Å². The van der Waals surface area contributed by atoms with Gasteiger partial charge >= 0.3 is 0 Å². The number of hydrogen-bond donors (Lipinski definition) is 3. The van der Waals surface area contributed by atoms with Crippen molar-refractivity contribution in [2.75, 3.05) is 38.1 Å². The van der Waals surface area contributed by atoms with Crippen LogP contribution in [0, 0.1) is 0 Å². The van der Waals surface area contributed by atoms with Crippen molar-refractivity contribution >= 4 is 41.5 Å². The van der Waals surface area contributed by atoms with Crippen LogP contribution < -0.4 is 20.9 Å². The fourth-order valence-corrected chi connectivity index (χ4v) is 3.05. The predicted molar refractivity (Wildman–Crippen MR) is 137 cm³/mol. The second-order valence-electron chi connectivity index (χ2n) is 6.67. The standard InChI is InChI=1S/C23H33N5O.HI/c1-4-25-23(27-18-19-11-9-12-20(17-19)22(29)24-3)26-15-10-16-28(5-2)21-13-7-6-8-14-21;/h6-9,11-14,17H,4-5,10,15-16,18H2,1-3H3,(H,24,29)(H2,25,26,27);1H. The van der Waals surface area contributed by atoms with Crippen molar-refractivity contribution < 1.29 is 4.79 Å². The summed E-state index contributed by atoms with van der Waals surface area (Å²) in [4.78, 5) is 18.8. The Morgan fingerprint density at radius 1 is 1.03 bits per heavy atom. The van der Waals surface area contributed by atoms with Gasteiger partial charge in [0.15, 0.2) is 5.96 Å². The maximum atomic E-state index is 11.8. The Balaban J connectivity index is 0.00000450. The van der Waals surface area contributed by atoms with Gasteiger partial charge in [-0.25, -0.2) is 4.99 Å². The first-order chi connectivity index (χ1) is 14.2. The predicted octanol–water partition coefficient (Wildman–Crippen LogP) is 3.64. The molecule has 164 valence electrons. The molecule has 7 heteroatoms. The first-order valence-corrected chi connectivity index (χ1v) is 10.3. The Labute approximate surface area is 197 Å². The van der Waals surface area contributed by atoms with E-state index in [1.807, 2.05) is 30.3 Å². The minimum atomic E-state index is -0.0836. The molecule has 0 aliphatic carbocycles. The number of guanidine groups is 1. The van der Waals surface area contributed by atoms with E-state index in [0.29, 0.717) is 12.1 Å². The maximum absolute atomic E-state index is 11.8. The molecule has 2 aromatic carbocycles. The highest BCUT2D eigenvalue weighted by Gasteiger charge is 2.05. The largest absolute Gasteiger partial charge is 0.372 e.